The summed E-state index contributed by atoms with van der Waals surface area (Å²) in [5.41, 5.74) is 5.31. The standard InChI is InChI=1S/C24H20ClN3O4/c1-15-5-3-6-18(13-15)24(31)32-19-11-9-17(10-12-19)14-26-28-23(30)22(29)27-21-8-4-7-20(25)16(21)2/h3-14H,1-2H3,(H,27,29)(H,28,30)/b26-14-. The van der Waals surface area contributed by atoms with E-state index in [1.165, 1.54) is 6.21 Å². The van der Waals surface area contributed by atoms with Gasteiger partial charge in [0.15, 0.2) is 0 Å². The Morgan fingerprint density at radius 2 is 1.66 bits per heavy atom. The Morgan fingerprint density at radius 3 is 2.38 bits per heavy atom. The summed E-state index contributed by atoms with van der Waals surface area (Å²) in [4.78, 5) is 36.1. The summed E-state index contributed by atoms with van der Waals surface area (Å²) in [5, 5.41) is 6.74. The lowest BCUT2D eigenvalue weighted by Gasteiger charge is -2.08. The molecule has 0 aliphatic carbocycles. The highest BCUT2D eigenvalue weighted by Crippen LogP contribution is 2.22. The average molecular weight is 450 g/mol. The summed E-state index contributed by atoms with van der Waals surface area (Å²) in [6.07, 6.45) is 1.36. The zero-order valence-corrected chi connectivity index (χ0v) is 18.1. The van der Waals surface area contributed by atoms with Crippen LogP contribution in [0.3, 0.4) is 0 Å². The second-order valence-electron chi connectivity index (χ2n) is 6.89. The minimum absolute atomic E-state index is 0.369. The number of halogens is 1. The van der Waals surface area contributed by atoms with Gasteiger partial charge in [-0.2, -0.15) is 5.10 Å². The van der Waals surface area contributed by atoms with Gasteiger partial charge in [-0.15, -0.1) is 0 Å². The van der Waals surface area contributed by atoms with Gasteiger partial charge in [-0.25, -0.2) is 10.2 Å². The molecule has 3 aromatic rings. The summed E-state index contributed by atoms with van der Waals surface area (Å²) in [7, 11) is 0. The van der Waals surface area contributed by atoms with Gasteiger partial charge in [-0.3, -0.25) is 9.59 Å². The van der Waals surface area contributed by atoms with Crippen molar-refractivity contribution in [2.45, 2.75) is 13.8 Å². The quantitative estimate of drug-likeness (QED) is 0.200. The van der Waals surface area contributed by atoms with Crippen LogP contribution in [0.15, 0.2) is 71.8 Å². The van der Waals surface area contributed by atoms with E-state index in [-0.39, 0.29) is 0 Å². The van der Waals surface area contributed by atoms with Crippen LogP contribution >= 0.6 is 11.6 Å². The molecule has 0 heterocycles. The highest BCUT2D eigenvalue weighted by molar-refractivity contribution is 6.40. The lowest BCUT2D eigenvalue weighted by Crippen LogP contribution is -2.32. The minimum Gasteiger partial charge on any atom is -0.423 e. The molecule has 0 radical (unpaired) electrons. The third-order valence-electron chi connectivity index (χ3n) is 4.45. The van der Waals surface area contributed by atoms with Crippen molar-refractivity contribution in [3.8, 4) is 5.75 Å². The van der Waals surface area contributed by atoms with Crippen LogP contribution in [-0.4, -0.2) is 24.0 Å². The van der Waals surface area contributed by atoms with Crippen molar-refractivity contribution < 1.29 is 19.1 Å². The average Bonchev–Trinajstić information content (AvgIpc) is 2.78. The zero-order valence-electron chi connectivity index (χ0n) is 17.4. The first-order valence-corrected chi connectivity index (χ1v) is 9.99. The number of anilines is 1. The molecule has 0 spiro atoms. The number of rotatable bonds is 5. The predicted molar refractivity (Wildman–Crippen MR) is 123 cm³/mol. The smallest absolute Gasteiger partial charge is 0.343 e. The van der Waals surface area contributed by atoms with Gasteiger partial charge in [0.25, 0.3) is 0 Å². The van der Waals surface area contributed by atoms with Gasteiger partial charge >= 0.3 is 17.8 Å². The van der Waals surface area contributed by atoms with E-state index in [0.29, 0.717) is 33.1 Å². The third kappa shape index (κ3) is 6.02. The van der Waals surface area contributed by atoms with Crippen LogP contribution in [0.4, 0.5) is 5.69 Å². The van der Waals surface area contributed by atoms with Gasteiger partial charge in [0.2, 0.25) is 0 Å². The summed E-state index contributed by atoms with van der Waals surface area (Å²) in [6, 6.07) is 18.6. The molecule has 7 nitrogen and oxygen atoms in total. The number of nitrogens with zero attached hydrogens (tertiary/aromatic N) is 1. The molecule has 0 bridgehead atoms. The first-order valence-electron chi connectivity index (χ1n) is 9.62. The Balaban J connectivity index is 1.53. The van der Waals surface area contributed by atoms with Crippen LogP contribution in [0.5, 0.6) is 5.75 Å². The van der Waals surface area contributed by atoms with Gasteiger partial charge in [0, 0.05) is 10.7 Å². The molecular weight excluding hydrogens is 430 g/mol. The minimum atomic E-state index is -0.927. The van der Waals surface area contributed by atoms with Crippen molar-refractivity contribution in [3.05, 3.63) is 94.0 Å². The first-order chi connectivity index (χ1) is 15.3. The lowest BCUT2D eigenvalue weighted by molar-refractivity contribution is -0.136. The number of benzene rings is 3. The Kier molecular flexibility index (Phi) is 7.36. The van der Waals surface area contributed by atoms with Crippen LogP contribution in [-0.2, 0) is 9.59 Å². The van der Waals surface area contributed by atoms with Gasteiger partial charge in [0.1, 0.15) is 5.75 Å². The molecule has 0 aliphatic rings. The number of carbonyl (C=O) groups is 3. The predicted octanol–water partition coefficient (Wildman–Crippen LogP) is 4.26. The number of aryl methyl sites for hydroxylation is 1. The van der Waals surface area contributed by atoms with E-state index in [2.05, 4.69) is 15.8 Å². The maximum absolute atomic E-state index is 12.2. The van der Waals surface area contributed by atoms with Gasteiger partial charge in [-0.05, 0) is 73.5 Å². The molecule has 0 saturated carbocycles. The summed E-state index contributed by atoms with van der Waals surface area (Å²) < 4.78 is 5.34. The lowest BCUT2D eigenvalue weighted by atomic mass is 10.1. The van der Waals surface area contributed by atoms with E-state index in [0.717, 1.165) is 5.56 Å². The van der Waals surface area contributed by atoms with E-state index in [1.54, 1.807) is 67.6 Å². The molecule has 162 valence electrons. The van der Waals surface area contributed by atoms with Gasteiger partial charge < -0.3 is 10.1 Å². The van der Waals surface area contributed by atoms with Crippen LogP contribution in [0.25, 0.3) is 0 Å². The number of nitrogens with one attached hydrogen (secondary N) is 2. The Labute approximate surface area is 190 Å². The highest BCUT2D eigenvalue weighted by Gasteiger charge is 2.14. The van der Waals surface area contributed by atoms with E-state index in [1.807, 2.05) is 13.0 Å². The summed E-state index contributed by atoms with van der Waals surface area (Å²) in [5.74, 6) is -1.88. The Bertz CT molecular complexity index is 1190. The zero-order chi connectivity index (χ0) is 23.1. The van der Waals surface area contributed by atoms with E-state index in [4.69, 9.17) is 16.3 Å². The van der Waals surface area contributed by atoms with Crippen LogP contribution in [0.2, 0.25) is 5.02 Å². The molecule has 0 saturated heterocycles. The van der Waals surface area contributed by atoms with Gasteiger partial charge in [-0.1, -0.05) is 35.4 Å². The van der Waals surface area contributed by atoms with Crippen molar-refractivity contribution in [1.29, 1.82) is 0 Å². The fourth-order valence-corrected chi connectivity index (χ4v) is 2.87. The Hall–Kier alpha value is -3.97. The number of hydrogen-bond acceptors (Lipinski definition) is 5. The van der Waals surface area contributed by atoms with Crippen LogP contribution in [0, 0.1) is 13.8 Å². The SMILES string of the molecule is Cc1cccc(C(=O)Oc2ccc(/C=N\NC(=O)C(=O)Nc3cccc(Cl)c3C)cc2)c1. The second-order valence-corrected chi connectivity index (χ2v) is 7.30. The fraction of sp³-hybridized carbons (Fsp3) is 0.0833. The number of hydrogen-bond donors (Lipinski definition) is 2. The molecule has 2 amide bonds. The molecule has 0 unspecified atom stereocenters. The van der Waals surface area contributed by atoms with Crippen molar-refractivity contribution >= 4 is 41.3 Å². The number of amides is 2. The maximum atomic E-state index is 12.2. The van der Waals surface area contributed by atoms with Crippen LogP contribution < -0.4 is 15.5 Å². The first kappa shape index (κ1) is 22.7. The van der Waals surface area contributed by atoms with Crippen LogP contribution in [0.1, 0.15) is 27.0 Å². The highest BCUT2D eigenvalue weighted by atomic mass is 35.5. The molecule has 3 rings (SSSR count). The molecular formula is C24H20ClN3O4. The number of esters is 1. The normalized spacial score (nSPS) is 10.6. The second kappa shape index (κ2) is 10.4. The molecule has 3 aromatic carbocycles. The molecule has 0 fully saturated rings. The van der Waals surface area contributed by atoms with Crippen molar-refractivity contribution in [2.75, 3.05) is 5.32 Å². The Morgan fingerprint density at radius 1 is 0.938 bits per heavy atom. The largest absolute Gasteiger partial charge is 0.423 e. The molecule has 32 heavy (non-hydrogen) atoms. The number of hydrazone groups is 1. The van der Waals surface area contributed by atoms with Crippen molar-refractivity contribution in [1.82, 2.24) is 5.43 Å². The molecule has 0 aliphatic heterocycles. The summed E-state index contributed by atoms with van der Waals surface area (Å²) in [6.45, 7) is 3.63. The van der Waals surface area contributed by atoms with E-state index >= 15 is 0 Å². The van der Waals surface area contributed by atoms with E-state index in [9.17, 15) is 14.4 Å². The van der Waals surface area contributed by atoms with E-state index < -0.39 is 17.8 Å². The van der Waals surface area contributed by atoms with Crippen molar-refractivity contribution in [3.63, 3.8) is 0 Å². The van der Waals surface area contributed by atoms with Gasteiger partial charge in [0.05, 0.1) is 11.8 Å². The number of ether oxygens (including phenoxy) is 1. The van der Waals surface area contributed by atoms with Crippen molar-refractivity contribution in [2.24, 2.45) is 5.10 Å². The topological polar surface area (TPSA) is 96.9 Å². The molecule has 8 heteroatoms. The third-order valence-corrected chi connectivity index (χ3v) is 4.86. The molecule has 2 N–H and O–H groups in total. The molecule has 0 aromatic heterocycles. The monoisotopic (exact) mass is 449 g/mol. The fourth-order valence-electron chi connectivity index (χ4n) is 2.70. The number of carbonyl (C=O) groups excluding carboxylic acids is 3. The molecule has 0 atom stereocenters. The summed E-state index contributed by atoms with van der Waals surface area (Å²) >= 11 is 6.00. The maximum Gasteiger partial charge on any atom is 0.343 e.